The van der Waals surface area contributed by atoms with E-state index in [-0.39, 0.29) is 5.41 Å². The third kappa shape index (κ3) is 2.86. The molecule has 0 bridgehead atoms. The molecule has 3 unspecified atom stereocenters. The quantitative estimate of drug-likeness (QED) is 0.873. The third-order valence-corrected chi connectivity index (χ3v) is 3.70. The van der Waals surface area contributed by atoms with Crippen LogP contribution < -0.4 is 5.32 Å². The van der Waals surface area contributed by atoms with Crippen LogP contribution in [0, 0.1) is 11.3 Å². The fourth-order valence-electron chi connectivity index (χ4n) is 2.20. The van der Waals surface area contributed by atoms with Crippen molar-refractivity contribution >= 4 is 0 Å². The van der Waals surface area contributed by atoms with Crippen molar-refractivity contribution in [3.8, 4) is 0 Å². The lowest BCUT2D eigenvalue weighted by atomic mass is 9.85. The summed E-state index contributed by atoms with van der Waals surface area (Å²) in [5.74, 6) is 2.92. The van der Waals surface area contributed by atoms with Gasteiger partial charge in [-0.2, -0.15) is 4.98 Å². The number of hydrogen-bond acceptors (Lipinski definition) is 4. The zero-order chi connectivity index (χ0) is 12.6. The largest absolute Gasteiger partial charge is 0.339 e. The molecule has 3 atom stereocenters. The zero-order valence-corrected chi connectivity index (χ0v) is 11.4. The molecule has 1 aliphatic carbocycles. The smallest absolute Gasteiger partial charge is 0.228 e. The molecule has 1 aromatic rings. The Morgan fingerprint density at radius 3 is 2.59 bits per heavy atom. The summed E-state index contributed by atoms with van der Waals surface area (Å²) in [7, 11) is 1.98. The van der Waals surface area contributed by atoms with Gasteiger partial charge in [-0.15, -0.1) is 0 Å². The number of nitrogens with zero attached hydrogens (tertiary/aromatic N) is 2. The van der Waals surface area contributed by atoms with Crippen LogP contribution in [0.3, 0.4) is 0 Å². The van der Waals surface area contributed by atoms with E-state index in [2.05, 4.69) is 43.2 Å². The predicted molar refractivity (Wildman–Crippen MR) is 66.8 cm³/mol. The lowest BCUT2D eigenvalue weighted by Gasteiger charge is -2.29. The number of rotatable bonds is 4. The van der Waals surface area contributed by atoms with Gasteiger partial charge < -0.3 is 9.84 Å². The normalized spacial score (nSPS) is 25.9. The number of aromatic nitrogens is 2. The van der Waals surface area contributed by atoms with Crippen LogP contribution in [-0.4, -0.2) is 23.2 Å². The summed E-state index contributed by atoms with van der Waals surface area (Å²) in [5.41, 5.74) is 0.191. The van der Waals surface area contributed by atoms with Crippen LogP contribution >= 0.6 is 0 Å². The maximum atomic E-state index is 5.34. The summed E-state index contributed by atoms with van der Waals surface area (Å²) in [6.07, 6.45) is 2.00. The second kappa shape index (κ2) is 4.41. The van der Waals surface area contributed by atoms with Crippen molar-refractivity contribution in [2.24, 2.45) is 11.3 Å². The van der Waals surface area contributed by atoms with E-state index in [9.17, 15) is 0 Å². The van der Waals surface area contributed by atoms with Crippen LogP contribution in [0.15, 0.2) is 4.52 Å². The van der Waals surface area contributed by atoms with Gasteiger partial charge in [0.15, 0.2) is 5.82 Å². The highest BCUT2D eigenvalue weighted by Crippen LogP contribution is 2.45. The molecule has 0 aromatic carbocycles. The van der Waals surface area contributed by atoms with Crippen molar-refractivity contribution in [3.63, 3.8) is 0 Å². The third-order valence-electron chi connectivity index (χ3n) is 3.70. The number of nitrogens with one attached hydrogen (secondary N) is 1. The van der Waals surface area contributed by atoms with Gasteiger partial charge in [0.1, 0.15) is 0 Å². The first-order valence-corrected chi connectivity index (χ1v) is 6.41. The monoisotopic (exact) mass is 237 g/mol. The molecule has 0 aliphatic heterocycles. The number of likely N-dealkylation sites (N-methyl/N-ethyl adjacent to an activating group) is 1. The second-order valence-electron chi connectivity index (χ2n) is 6.28. The predicted octanol–water partition coefficient (Wildman–Crippen LogP) is 2.37. The van der Waals surface area contributed by atoms with E-state index in [1.54, 1.807) is 0 Å². The summed E-state index contributed by atoms with van der Waals surface area (Å²) in [5, 5.41) is 7.41. The highest BCUT2D eigenvalue weighted by atomic mass is 16.5. The van der Waals surface area contributed by atoms with Crippen LogP contribution in [0.25, 0.3) is 0 Å². The molecule has 4 nitrogen and oxygen atoms in total. The second-order valence-corrected chi connectivity index (χ2v) is 6.28. The lowest BCUT2D eigenvalue weighted by Crippen LogP contribution is -2.39. The standard InChI is InChI=1S/C13H23N3O/c1-8-6-9(8)12-15-11(17-16-12)7-10(14-5)13(2,3)4/h8-10,14H,6-7H2,1-5H3. The summed E-state index contributed by atoms with van der Waals surface area (Å²) in [4.78, 5) is 4.51. The van der Waals surface area contributed by atoms with Crippen LogP contribution in [-0.2, 0) is 6.42 Å². The highest BCUT2D eigenvalue weighted by Gasteiger charge is 2.38. The van der Waals surface area contributed by atoms with Crippen LogP contribution in [0.2, 0.25) is 0 Å². The Balaban J connectivity index is 2.00. The van der Waals surface area contributed by atoms with E-state index in [1.807, 2.05) is 7.05 Å². The molecule has 1 saturated carbocycles. The minimum Gasteiger partial charge on any atom is -0.339 e. The maximum absolute atomic E-state index is 5.34. The van der Waals surface area contributed by atoms with Crippen LogP contribution in [0.1, 0.15) is 51.7 Å². The van der Waals surface area contributed by atoms with Crippen molar-refractivity contribution in [2.45, 2.75) is 52.5 Å². The van der Waals surface area contributed by atoms with Gasteiger partial charge in [0.25, 0.3) is 0 Å². The van der Waals surface area contributed by atoms with Crippen LogP contribution in [0.4, 0.5) is 0 Å². The molecule has 0 saturated heterocycles. The van der Waals surface area contributed by atoms with Gasteiger partial charge in [0, 0.05) is 18.4 Å². The Labute approximate surface area is 103 Å². The molecule has 0 amide bonds. The first-order chi connectivity index (χ1) is 7.91. The molecule has 0 radical (unpaired) electrons. The van der Waals surface area contributed by atoms with Crippen molar-refractivity contribution in [2.75, 3.05) is 7.05 Å². The number of hydrogen-bond donors (Lipinski definition) is 1. The van der Waals surface area contributed by atoms with E-state index >= 15 is 0 Å². The van der Waals surface area contributed by atoms with E-state index in [1.165, 1.54) is 6.42 Å². The Bertz CT molecular complexity index is 380. The highest BCUT2D eigenvalue weighted by molar-refractivity contribution is 5.08. The van der Waals surface area contributed by atoms with E-state index in [0.717, 1.165) is 24.1 Å². The Morgan fingerprint density at radius 2 is 2.12 bits per heavy atom. The first kappa shape index (κ1) is 12.6. The Kier molecular flexibility index (Phi) is 3.25. The van der Waals surface area contributed by atoms with Gasteiger partial charge in [-0.1, -0.05) is 32.9 Å². The molecule has 2 rings (SSSR count). The molecule has 0 spiro atoms. The van der Waals surface area contributed by atoms with E-state index < -0.39 is 0 Å². The van der Waals surface area contributed by atoms with Crippen molar-refractivity contribution in [1.82, 2.24) is 15.5 Å². The summed E-state index contributed by atoms with van der Waals surface area (Å²) in [6.45, 7) is 8.88. The molecular weight excluding hydrogens is 214 g/mol. The Hall–Kier alpha value is -0.900. The van der Waals surface area contributed by atoms with Crippen molar-refractivity contribution < 1.29 is 4.52 Å². The minimum atomic E-state index is 0.191. The average Bonchev–Trinajstić information content (AvgIpc) is 2.78. The summed E-state index contributed by atoms with van der Waals surface area (Å²) >= 11 is 0. The van der Waals surface area contributed by atoms with Gasteiger partial charge >= 0.3 is 0 Å². The Morgan fingerprint density at radius 1 is 1.47 bits per heavy atom. The zero-order valence-electron chi connectivity index (χ0n) is 11.4. The van der Waals surface area contributed by atoms with Crippen LogP contribution in [0.5, 0.6) is 0 Å². The first-order valence-electron chi connectivity index (χ1n) is 6.41. The SMILES string of the molecule is CNC(Cc1nc(C2CC2C)no1)C(C)(C)C. The molecule has 96 valence electrons. The van der Waals surface area contributed by atoms with Gasteiger partial charge in [-0.3, -0.25) is 0 Å². The van der Waals surface area contributed by atoms with Gasteiger partial charge in [0.2, 0.25) is 5.89 Å². The summed E-state index contributed by atoms with van der Waals surface area (Å²) < 4.78 is 5.34. The molecule has 4 heteroatoms. The molecular formula is C13H23N3O. The molecule has 1 aliphatic rings. The van der Waals surface area contributed by atoms with Crippen molar-refractivity contribution in [1.29, 1.82) is 0 Å². The molecule has 17 heavy (non-hydrogen) atoms. The average molecular weight is 237 g/mol. The maximum Gasteiger partial charge on any atom is 0.228 e. The summed E-state index contributed by atoms with van der Waals surface area (Å²) in [6, 6.07) is 0.354. The van der Waals surface area contributed by atoms with E-state index in [0.29, 0.717) is 12.0 Å². The molecule has 1 heterocycles. The molecule has 1 aromatic heterocycles. The fraction of sp³-hybridized carbons (Fsp3) is 0.846. The molecule has 1 fully saturated rings. The fourth-order valence-corrected chi connectivity index (χ4v) is 2.20. The van der Waals surface area contributed by atoms with Gasteiger partial charge in [0.05, 0.1) is 0 Å². The molecule has 1 N–H and O–H groups in total. The van der Waals surface area contributed by atoms with E-state index in [4.69, 9.17) is 4.52 Å². The van der Waals surface area contributed by atoms with Gasteiger partial charge in [-0.25, -0.2) is 0 Å². The topological polar surface area (TPSA) is 51.0 Å². The lowest BCUT2D eigenvalue weighted by molar-refractivity contribution is 0.255. The van der Waals surface area contributed by atoms with Crippen molar-refractivity contribution in [3.05, 3.63) is 11.7 Å². The minimum absolute atomic E-state index is 0.191. The van der Waals surface area contributed by atoms with Gasteiger partial charge in [-0.05, 0) is 24.8 Å².